The van der Waals surface area contributed by atoms with Gasteiger partial charge in [0.2, 0.25) is 7.37 Å². The number of carbonyl (C=O) groups is 1. The van der Waals surface area contributed by atoms with Crippen molar-refractivity contribution in [1.82, 2.24) is 0 Å². The standard InChI is InChI=1S/C24H45O4P/c1-4-7-8-9-10-11-12-16-19-29(26,28-6-3)21-23(24(25)27-5-2)20-22-17-14-13-15-18-22/h20,22H,4-19,21H2,1-3H3/b23-20-. The maximum atomic E-state index is 13.5. The molecule has 0 bridgehead atoms. The van der Waals surface area contributed by atoms with Crippen molar-refractivity contribution in [3.05, 3.63) is 11.6 Å². The fourth-order valence-corrected chi connectivity index (χ4v) is 6.47. The minimum atomic E-state index is -2.86. The van der Waals surface area contributed by atoms with Gasteiger partial charge in [0.1, 0.15) is 0 Å². The Labute approximate surface area is 179 Å². The smallest absolute Gasteiger partial charge is 0.334 e. The molecule has 1 aliphatic carbocycles. The summed E-state index contributed by atoms with van der Waals surface area (Å²) in [5.41, 5.74) is 0.579. The molecular weight excluding hydrogens is 383 g/mol. The van der Waals surface area contributed by atoms with Crippen LogP contribution < -0.4 is 0 Å². The number of unbranched alkanes of at least 4 members (excludes halogenated alkanes) is 7. The average Bonchev–Trinajstić information content (AvgIpc) is 2.71. The number of allylic oxidation sites excluding steroid dienone is 1. The molecule has 0 radical (unpaired) electrons. The van der Waals surface area contributed by atoms with Gasteiger partial charge in [-0.05, 0) is 39.0 Å². The van der Waals surface area contributed by atoms with E-state index in [9.17, 15) is 9.36 Å². The lowest BCUT2D eigenvalue weighted by molar-refractivity contribution is -0.138. The molecule has 1 fully saturated rings. The van der Waals surface area contributed by atoms with Crippen LogP contribution in [0.1, 0.15) is 104 Å². The quantitative estimate of drug-likeness (QED) is 0.110. The molecule has 0 aromatic heterocycles. The summed E-state index contributed by atoms with van der Waals surface area (Å²) in [6, 6.07) is 0. The Morgan fingerprint density at radius 3 is 2.10 bits per heavy atom. The first kappa shape index (κ1) is 26.4. The lowest BCUT2D eigenvalue weighted by Gasteiger charge is -2.22. The first-order valence-corrected chi connectivity index (χ1v) is 14.1. The molecule has 1 unspecified atom stereocenters. The summed E-state index contributed by atoms with van der Waals surface area (Å²) in [5, 5.41) is 0. The number of rotatable bonds is 16. The molecule has 0 heterocycles. The van der Waals surface area contributed by atoms with E-state index in [1.54, 1.807) is 0 Å². The van der Waals surface area contributed by atoms with Crippen LogP contribution >= 0.6 is 7.37 Å². The van der Waals surface area contributed by atoms with E-state index in [-0.39, 0.29) is 12.1 Å². The number of hydrogen-bond acceptors (Lipinski definition) is 4. The third-order valence-corrected chi connectivity index (χ3v) is 8.30. The second-order valence-electron chi connectivity index (χ2n) is 8.40. The molecule has 1 rings (SSSR count). The zero-order valence-corrected chi connectivity index (χ0v) is 20.2. The van der Waals surface area contributed by atoms with Gasteiger partial charge in [-0.15, -0.1) is 0 Å². The number of ether oxygens (including phenoxy) is 1. The van der Waals surface area contributed by atoms with Crippen LogP contribution in [0.2, 0.25) is 0 Å². The topological polar surface area (TPSA) is 52.6 Å². The fourth-order valence-electron chi connectivity index (χ4n) is 4.17. The summed E-state index contributed by atoms with van der Waals surface area (Å²) >= 11 is 0. The molecule has 0 amide bonds. The average molecular weight is 429 g/mol. The molecular formula is C24H45O4P. The lowest BCUT2D eigenvalue weighted by Crippen LogP contribution is -2.16. The van der Waals surface area contributed by atoms with Gasteiger partial charge in [0.05, 0.1) is 19.4 Å². The van der Waals surface area contributed by atoms with Crippen molar-refractivity contribution in [2.75, 3.05) is 25.5 Å². The molecule has 1 aliphatic rings. The highest BCUT2D eigenvalue weighted by atomic mass is 31.2. The van der Waals surface area contributed by atoms with E-state index in [0.29, 0.717) is 30.9 Å². The minimum absolute atomic E-state index is 0.229. The molecule has 170 valence electrons. The predicted molar refractivity (Wildman–Crippen MR) is 123 cm³/mol. The summed E-state index contributed by atoms with van der Waals surface area (Å²) < 4.78 is 24.5. The zero-order chi connectivity index (χ0) is 21.4. The largest absolute Gasteiger partial charge is 0.463 e. The van der Waals surface area contributed by atoms with Crippen LogP contribution in [-0.2, 0) is 18.6 Å². The zero-order valence-electron chi connectivity index (χ0n) is 19.3. The van der Waals surface area contributed by atoms with Crippen LogP contribution in [0, 0.1) is 5.92 Å². The van der Waals surface area contributed by atoms with E-state index < -0.39 is 7.37 Å². The molecule has 0 N–H and O–H groups in total. The van der Waals surface area contributed by atoms with E-state index in [1.165, 1.54) is 57.8 Å². The van der Waals surface area contributed by atoms with Gasteiger partial charge in [-0.25, -0.2) is 4.79 Å². The van der Waals surface area contributed by atoms with Crippen molar-refractivity contribution < 1.29 is 18.6 Å². The molecule has 0 aromatic carbocycles. The molecule has 0 aromatic rings. The van der Waals surface area contributed by atoms with E-state index in [2.05, 4.69) is 13.0 Å². The van der Waals surface area contributed by atoms with Crippen molar-refractivity contribution in [1.29, 1.82) is 0 Å². The normalized spacial score (nSPS) is 17.8. The number of carbonyl (C=O) groups excluding carboxylic acids is 1. The molecule has 1 saturated carbocycles. The van der Waals surface area contributed by atoms with E-state index in [0.717, 1.165) is 25.7 Å². The summed E-state index contributed by atoms with van der Waals surface area (Å²) in [6.07, 6.45) is 18.4. The van der Waals surface area contributed by atoms with Crippen molar-refractivity contribution in [2.24, 2.45) is 5.92 Å². The fraction of sp³-hybridized carbons (Fsp3) is 0.875. The monoisotopic (exact) mass is 428 g/mol. The first-order valence-electron chi connectivity index (χ1n) is 12.1. The second-order valence-corrected chi connectivity index (χ2v) is 11.1. The van der Waals surface area contributed by atoms with Crippen molar-refractivity contribution in [3.63, 3.8) is 0 Å². The van der Waals surface area contributed by atoms with Crippen LogP contribution in [0.25, 0.3) is 0 Å². The highest BCUT2D eigenvalue weighted by Gasteiger charge is 2.28. The minimum Gasteiger partial charge on any atom is -0.463 e. The Bertz CT molecular complexity index is 509. The van der Waals surface area contributed by atoms with Gasteiger partial charge in [-0.3, -0.25) is 4.57 Å². The van der Waals surface area contributed by atoms with E-state index in [1.807, 2.05) is 13.8 Å². The van der Waals surface area contributed by atoms with Crippen LogP contribution in [-0.4, -0.2) is 31.5 Å². The molecule has 4 nitrogen and oxygen atoms in total. The predicted octanol–water partition coefficient (Wildman–Crippen LogP) is 7.51. The highest BCUT2D eigenvalue weighted by molar-refractivity contribution is 7.59. The highest BCUT2D eigenvalue weighted by Crippen LogP contribution is 2.49. The van der Waals surface area contributed by atoms with Gasteiger partial charge >= 0.3 is 5.97 Å². The van der Waals surface area contributed by atoms with Crippen molar-refractivity contribution in [3.8, 4) is 0 Å². The van der Waals surface area contributed by atoms with Gasteiger partial charge < -0.3 is 9.26 Å². The van der Waals surface area contributed by atoms with Gasteiger partial charge in [-0.2, -0.15) is 0 Å². The van der Waals surface area contributed by atoms with Crippen LogP contribution in [0.5, 0.6) is 0 Å². The van der Waals surface area contributed by atoms with Crippen molar-refractivity contribution >= 4 is 13.3 Å². The van der Waals surface area contributed by atoms with E-state index >= 15 is 0 Å². The Morgan fingerprint density at radius 1 is 0.897 bits per heavy atom. The molecule has 1 atom stereocenters. The number of esters is 1. The Balaban J connectivity index is 2.62. The lowest BCUT2D eigenvalue weighted by atomic mass is 9.88. The molecule has 0 spiro atoms. The third kappa shape index (κ3) is 12.0. The number of hydrogen-bond donors (Lipinski definition) is 0. The molecule has 5 heteroatoms. The summed E-state index contributed by atoms with van der Waals surface area (Å²) in [4.78, 5) is 12.5. The van der Waals surface area contributed by atoms with Gasteiger partial charge in [0.15, 0.2) is 0 Å². The molecule has 0 saturated heterocycles. The van der Waals surface area contributed by atoms with Crippen LogP contribution in [0.15, 0.2) is 11.6 Å². The Kier molecular flexibility index (Phi) is 14.7. The van der Waals surface area contributed by atoms with Gasteiger partial charge in [-0.1, -0.05) is 77.2 Å². The Morgan fingerprint density at radius 2 is 1.52 bits per heavy atom. The summed E-state index contributed by atoms with van der Waals surface area (Å²) in [6.45, 7) is 6.71. The second kappa shape index (κ2) is 16.1. The van der Waals surface area contributed by atoms with Gasteiger partial charge in [0, 0.05) is 11.7 Å². The van der Waals surface area contributed by atoms with Gasteiger partial charge in [0.25, 0.3) is 0 Å². The summed E-state index contributed by atoms with van der Waals surface area (Å²) in [7, 11) is -2.86. The Hall–Kier alpha value is -0.600. The van der Waals surface area contributed by atoms with Crippen molar-refractivity contribution in [2.45, 2.75) is 104 Å². The van der Waals surface area contributed by atoms with E-state index in [4.69, 9.17) is 9.26 Å². The maximum Gasteiger partial charge on any atom is 0.334 e. The molecule has 0 aliphatic heterocycles. The summed E-state index contributed by atoms with van der Waals surface area (Å²) in [5.74, 6) is 0.0929. The maximum absolute atomic E-state index is 13.5. The first-order chi connectivity index (χ1) is 14.0. The SMILES string of the molecule is CCCCCCCCCCP(=O)(C/C(=C/C1CCCCC1)C(=O)OCC)OCC. The molecule has 29 heavy (non-hydrogen) atoms. The third-order valence-electron chi connectivity index (χ3n) is 5.75. The van der Waals surface area contributed by atoms with Crippen LogP contribution in [0.4, 0.5) is 0 Å². The van der Waals surface area contributed by atoms with Crippen LogP contribution in [0.3, 0.4) is 0 Å².